The highest BCUT2D eigenvalue weighted by atomic mass is 32.2. The summed E-state index contributed by atoms with van der Waals surface area (Å²) in [6, 6.07) is 10.3. The molecule has 2 rings (SSSR count). The van der Waals surface area contributed by atoms with Gasteiger partial charge in [0.25, 0.3) is 0 Å². The lowest BCUT2D eigenvalue weighted by Gasteiger charge is -2.17. The Balaban J connectivity index is 1.56. The molecule has 0 aliphatic carbocycles. The highest BCUT2D eigenvalue weighted by Gasteiger charge is 2.22. The lowest BCUT2D eigenvalue weighted by molar-refractivity contribution is -0.132. The van der Waals surface area contributed by atoms with Crippen LogP contribution in [0.15, 0.2) is 30.3 Å². The Morgan fingerprint density at radius 3 is 2.82 bits per heavy atom. The molecule has 1 aliphatic heterocycles. The largest absolute Gasteiger partial charge is 0.355 e. The van der Waals surface area contributed by atoms with Crippen molar-refractivity contribution in [1.82, 2.24) is 15.1 Å². The first-order valence-electron chi connectivity index (χ1n) is 7.50. The zero-order valence-corrected chi connectivity index (χ0v) is 13.8. The number of nitrogens with zero attached hydrogens (tertiary/aromatic N) is 2. The van der Waals surface area contributed by atoms with Crippen LogP contribution in [0.2, 0.25) is 0 Å². The van der Waals surface area contributed by atoms with Gasteiger partial charge in [-0.15, -0.1) is 11.8 Å². The average Bonchev–Trinajstić information content (AvgIpc) is 2.90. The van der Waals surface area contributed by atoms with Crippen LogP contribution in [0.3, 0.4) is 0 Å². The van der Waals surface area contributed by atoms with Crippen molar-refractivity contribution in [3.63, 3.8) is 0 Å². The number of amides is 2. The van der Waals surface area contributed by atoms with Gasteiger partial charge >= 0.3 is 0 Å². The number of thioether (sulfide) groups is 1. The Hall–Kier alpha value is -1.53. The van der Waals surface area contributed by atoms with Gasteiger partial charge in [-0.1, -0.05) is 30.3 Å². The molecule has 6 heteroatoms. The van der Waals surface area contributed by atoms with E-state index in [2.05, 4.69) is 29.4 Å². The smallest absolute Gasteiger partial charge is 0.239 e. The number of rotatable bonds is 8. The van der Waals surface area contributed by atoms with Crippen molar-refractivity contribution < 1.29 is 9.59 Å². The van der Waals surface area contributed by atoms with Crippen LogP contribution >= 0.6 is 11.8 Å². The zero-order chi connectivity index (χ0) is 15.8. The zero-order valence-electron chi connectivity index (χ0n) is 13.0. The highest BCUT2D eigenvalue weighted by molar-refractivity contribution is 8.00. The predicted octanol–water partition coefficient (Wildman–Crippen LogP) is 1.16. The molecule has 22 heavy (non-hydrogen) atoms. The van der Waals surface area contributed by atoms with Crippen molar-refractivity contribution in [2.45, 2.75) is 13.0 Å². The van der Waals surface area contributed by atoms with Gasteiger partial charge in [-0.3, -0.25) is 9.59 Å². The predicted molar refractivity (Wildman–Crippen MR) is 89.4 cm³/mol. The fraction of sp³-hybridized carbons (Fsp3) is 0.500. The van der Waals surface area contributed by atoms with Crippen LogP contribution in [0, 0.1) is 0 Å². The second-order valence-corrected chi connectivity index (χ2v) is 6.45. The first-order chi connectivity index (χ1) is 10.6. The first kappa shape index (κ1) is 16.8. The molecule has 0 aromatic heterocycles. The summed E-state index contributed by atoms with van der Waals surface area (Å²) in [7, 11) is 2.08. The maximum atomic E-state index is 11.8. The number of hydrogen-bond acceptors (Lipinski definition) is 4. The van der Waals surface area contributed by atoms with Crippen LogP contribution in [0.5, 0.6) is 0 Å². The molecule has 1 aromatic carbocycles. The van der Waals surface area contributed by atoms with Crippen molar-refractivity contribution in [2.75, 3.05) is 38.3 Å². The van der Waals surface area contributed by atoms with Crippen molar-refractivity contribution in [3.8, 4) is 0 Å². The van der Waals surface area contributed by atoms with Crippen LogP contribution in [0.4, 0.5) is 0 Å². The molecule has 120 valence electrons. The van der Waals surface area contributed by atoms with E-state index in [4.69, 9.17) is 0 Å². The Labute approximate surface area is 136 Å². The minimum absolute atomic E-state index is 0.0581. The van der Waals surface area contributed by atoms with Crippen LogP contribution in [0.25, 0.3) is 0 Å². The van der Waals surface area contributed by atoms with Gasteiger partial charge in [-0.25, -0.2) is 0 Å². The van der Waals surface area contributed by atoms with Crippen LogP contribution in [-0.4, -0.2) is 59.9 Å². The van der Waals surface area contributed by atoms with Crippen molar-refractivity contribution in [1.29, 1.82) is 0 Å². The molecule has 1 aromatic rings. The van der Waals surface area contributed by atoms with E-state index in [1.54, 1.807) is 16.7 Å². The van der Waals surface area contributed by atoms with E-state index < -0.39 is 0 Å². The average molecular weight is 321 g/mol. The van der Waals surface area contributed by atoms with Crippen LogP contribution in [0.1, 0.15) is 12.0 Å². The van der Waals surface area contributed by atoms with E-state index >= 15 is 0 Å². The van der Waals surface area contributed by atoms with Gasteiger partial charge < -0.3 is 15.1 Å². The number of benzene rings is 1. The molecule has 5 nitrogen and oxygen atoms in total. The topological polar surface area (TPSA) is 52.7 Å². The molecular weight excluding hydrogens is 298 g/mol. The quantitative estimate of drug-likeness (QED) is 0.730. The van der Waals surface area contributed by atoms with Gasteiger partial charge in [-0.2, -0.15) is 0 Å². The summed E-state index contributed by atoms with van der Waals surface area (Å²) < 4.78 is 0. The summed E-state index contributed by atoms with van der Waals surface area (Å²) in [4.78, 5) is 27.0. The van der Waals surface area contributed by atoms with E-state index in [9.17, 15) is 9.59 Å². The van der Waals surface area contributed by atoms with E-state index in [0.29, 0.717) is 18.2 Å². The van der Waals surface area contributed by atoms with Crippen molar-refractivity contribution >= 4 is 23.6 Å². The third-order valence-electron chi connectivity index (χ3n) is 3.49. The molecule has 1 saturated heterocycles. The van der Waals surface area contributed by atoms with E-state index in [0.717, 1.165) is 19.5 Å². The molecular formula is C16H23N3O2S. The first-order valence-corrected chi connectivity index (χ1v) is 8.65. The summed E-state index contributed by atoms with van der Waals surface area (Å²) >= 11 is 1.56. The minimum atomic E-state index is -0.0680. The maximum absolute atomic E-state index is 11.8. The molecule has 1 heterocycles. The SMILES string of the molecule is CN(CCCNC(=O)CN1CSCC1=O)Cc1ccccc1. The summed E-state index contributed by atoms with van der Waals surface area (Å²) in [6.45, 7) is 2.67. The highest BCUT2D eigenvalue weighted by Crippen LogP contribution is 2.13. The molecule has 0 saturated carbocycles. The van der Waals surface area contributed by atoms with Gasteiger partial charge in [0, 0.05) is 13.1 Å². The Bertz CT molecular complexity index is 495. The second-order valence-electron chi connectivity index (χ2n) is 5.50. The number of nitrogens with one attached hydrogen (secondary N) is 1. The minimum Gasteiger partial charge on any atom is -0.355 e. The van der Waals surface area contributed by atoms with Gasteiger partial charge in [-0.05, 0) is 25.6 Å². The standard InChI is InChI=1S/C16H23N3O2S/c1-18(10-14-6-3-2-4-7-14)9-5-8-17-15(20)11-19-13-22-12-16(19)21/h2-4,6-7H,5,8-13H2,1H3,(H,17,20). The van der Waals surface area contributed by atoms with Crippen LogP contribution in [-0.2, 0) is 16.1 Å². The summed E-state index contributed by atoms with van der Waals surface area (Å²) in [5.41, 5.74) is 1.29. The van der Waals surface area contributed by atoms with Gasteiger partial charge in [0.15, 0.2) is 0 Å². The van der Waals surface area contributed by atoms with Crippen molar-refractivity contribution in [2.24, 2.45) is 0 Å². The Morgan fingerprint density at radius 2 is 2.14 bits per heavy atom. The molecule has 0 spiro atoms. The second kappa shape index (κ2) is 8.80. The third kappa shape index (κ3) is 5.69. The summed E-state index contributed by atoms with van der Waals surface area (Å²) in [5.74, 6) is 1.12. The van der Waals surface area contributed by atoms with Gasteiger partial charge in [0.05, 0.1) is 11.6 Å². The molecule has 1 aliphatic rings. The molecule has 1 fully saturated rings. The number of hydrogen-bond donors (Lipinski definition) is 1. The molecule has 0 bridgehead atoms. The molecule has 0 atom stereocenters. The molecule has 1 N–H and O–H groups in total. The molecule has 0 unspecified atom stereocenters. The number of carbonyl (C=O) groups is 2. The van der Waals surface area contributed by atoms with E-state index in [1.165, 1.54) is 5.56 Å². The third-order valence-corrected chi connectivity index (χ3v) is 4.44. The Morgan fingerprint density at radius 1 is 1.36 bits per heavy atom. The summed E-state index contributed by atoms with van der Waals surface area (Å²) in [6.07, 6.45) is 0.901. The lowest BCUT2D eigenvalue weighted by Crippen LogP contribution is -2.39. The maximum Gasteiger partial charge on any atom is 0.239 e. The van der Waals surface area contributed by atoms with Crippen molar-refractivity contribution in [3.05, 3.63) is 35.9 Å². The normalized spacial score (nSPS) is 14.6. The fourth-order valence-corrected chi connectivity index (χ4v) is 3.22. The van der Waals surface area contributed by atoms with Crippen LogP contribution < -0.4 is 5.32 Å². The van der Waals surface area contributed by atoms with Gasteiger partial charge in [0.1, 0.15) is 6.54 Å². The van der Waals surface area contributed by atoms with E-state index in [1.807, 2.05) is 18.2 Å². The molecule has 2 amide bonds. The fourth-order valence-electron chi connectivity index (χ4n) is 2.32. The summed E-state index contributed by atoms with van der Waals surface area (Å²) in [5, 5.41) is 2.88. The number of carbonyl (C=O) groups excluding carboxylic acids is 2. The molecule has 0 radical (unpaired) electrons. The monoisotopic (exact) mass is 321 g/mol. The Kier molecular flexibility index (Phi) is 6.74. The lowest BCUT2D eigenvalue weighted by atomic mass is 10.2. The van der Waals surface area contributed by atoms with E-state index in [-0.39, 0.29) is 18.4 Å². The van der Waals surface area contributed by atoms with Gasteiger partial charge in [0.2, 0.25) is 11.8 Å².